The highest BCUT2D eigenvalue weighted by Crippen LogP contribution is 2.19. The summed E-state index contributed by atoms with van der Waals surface area (Å²) in [5, 5.41) is 4.76. The molecular weight excluding hydrogens is 432 g/mol. The first kappa shape index (κ1) is 21.5. The van der Waals surface area contributed by atoms with Crippen LogP contribution in [-0.4, -0.2) is 32.4 Å². The van der Waals surface area contributed by atoms with E-state index in [0.717, 1.165) is 29.3 Å². The molecule has 0 saturated carbocycles. The molecule has 9 heteroatoms. The van der Waals surface area contributed by atoms with Crippen LogP contribution >= 0.6 is 11.3 Å². The van der Waals surface area contributed by atoms with E-state index in [9.17, 15) is 13.2 Å². The number of thiophene rings is 1. The van der Waals surface area contributed by atoms with Crippen molar-refractivity contribution >= 4 is 33.1 Å². The van der Waals surface area contributed by atoms with Crippen LogP contribution in [0.2, 0.25) is 0 Å². The number of amides is 1. The first-order valence-corrected chi connectivity index (χ1v) is 12.5. The number of carbonyl (C=O) groups is 1. The highest BCUT2D eigenvalue weighted by Gasteiger charge is 2.17. The lowest BCUT2D eigenvalue weighted by Crippen LogP contribution is -2.25. The molecule has 31 heavy (non-hydrogen) atoms. The number of benzene rings is 1. The van der Waals surface area contributed by atoms with Gasteiger partial charge in [-0.05, 0) is 60.2 Å². The Morgan fingerprint density at radius 3 is 2.68 bits per heavy atom. The summed E-state index contributed by atoms with van der Waals surface area (Å²) in [6.45, 7) is 2.57. The van der Waals surface area contributed by atoms with Gasteiger partial charge in [0.2, 0.25) is 10.0 Å². The summed E-state index contributed by atoms with van der Waals surface area (Å²) < 4.78 is 27.8. The fourth-order valence-corrected chi connectivity index (χ4v) is 5.23. The van der Waals surface area contributed by atoms with Crippen molar-refractivity contribution in [3.05, 3.63) is 76.1 Å². The first-order valence-electron chi connectivity index (χ1n) is 10.1. The minimum absolute atomic E-state index is 0.0666. The van der Waals surface area contributed by atoms with Gasteiger partial charge in [-0.1, -0.05) is 12.1 Å². The van der Waals surface area contributed by atoms with Gasteiger partial charge < -0.3 is 10.2 Å². The lowest BCUT2D eigenvalue weighted by atomic mass is 10.2. The molecule has 3 aromatic rings. The largest absolute Gasteiger partial charge is 0.357 e. The van der Waals surface area contributed by atoms with Gasteiger partial charge in [-0.3, -0.25) is 4.79 Å². The van der Waals surface area contributed by atoms with Crippen molar-refractivity contribution in [1.82, 2.24) is 15.0 Å². The zero-order valence-electron chi connectivity index (χ0n) is 17.0. The Bertz CT molecular complexity index is 1140. The maximum atomic E-state index is 12.6. The maximum absolute atomic E-state index is 12.6. The molecule has 1 amide bonds. The predicted octanol–water partition coefficient (Wildman–Crippen LogP) is 3.15. The third kappa shape index (κ3) is 5.49. The van der Waals surface area contributed by atoms with E-state index in [1.165, 1.54) is 36.3 Å². The van der Waals surface area contributed by atoms with Gasteiger partial charge in [0.15, 0.2) is 0 Å². The van der Waals surface area contributed by atoms with Gasteiger partial charge in [-0.25, -0.2) is 18.1 Å². The van der Waals surface area contributed by atoms with Crippen molar-refractivity contribution in [2.24, 2.45) is 0 Å². The molecule has 1 aliphatic heterocycles. The number of rotatable bonds is 8. The standard InChI is InChI=1S/C22H24N4O3S2/c27-22(24-15-17-8-9-23-21(13-17)26-10-1-2-11-26)18-5-3-7-20(14-18)31(28,29)25-16-19-6-4-12-30-19/h3-9,12-14,25H,1-2,10-11,15-16H2,(H,24,27). The normalized spacial score (nSPS) is 14.0. The minimum atomic E-state index is -3.71. The zero-order chi connectivity index (χ0) is 21.7. The van der Waals surface area contributed by atoms with Gasteiger partial charge in [0.05, 0.1) is 4.90 Å². The Hall–Kier alpha value is -2.75. The number of carbonyl (C=O) groups excluding carboxylic acids is 1. The molecule has 0 bridgehead atoms. The Morgan fingerprint density at radius 1 is 1.06 bits per heavy atom. The van der Waals surface area contributed by atoms with Crippen LogP contribution in [0, 0.1) is 0 Å². The van der Waals surface area contributed by atoms with Crippen LogP contribution in [0.1, 0.15) is 33.6 Å². The third-order valence-electron chi connectivity index (χ3n) is 5.12. The first-order chi connectivity index (χ1) is 15.0. The fourth-order valence-electron chi connectivity index (χ4n) is 3.44. The monoisotopic (exact) mass is 456 g/mol. The summed E-state index contributed by atoms with van der Waals surface area (Å²) in [4.78, 5) is 20.3. The number of hydrogen-bond donors (Lipinski definition) is 2. The van der Waals surface area contributed by atoms with Crippen LogP contribution < -0.4 is 14.9 Å². The molecule has 1 aromatic carbocycles. The molecule has 2 N–H and O–H groups in total. The van der Waals surface area contributed by atoms with Gasteiger partial charge in [-0.2, -0.15) is 0 Å². The van der Waals surface area contributed by atoms with E-state index in [1.54, 1.807) is 18.3 Å². The van der Waals surface area contributed by atoms with Gasteiger partial charge in [0.25, 0.3) is 5.91 Å². The molecule has 0 atom stereocenters. The smallest absolute Gasteiger partial charge is 0.251 e. The van der Waals surface area contributed by atoms with Gasteiger partial charge in [0.1, 0.15) is 5.82 Å². The van der Waals surface area contributed by atoms with Gasteiger partial charge in [-0.15, -0.1) is 11.3 Å². The van der Waals surface area contributed by atoms with Crippen molar-refractivity contribution < 1.29 is 13.2 Å². The Morgan fingerprint density at radius 2 is 1.90 bits per heavy atom. The van der Waals surface area contributed by atoms with Gasteiger partial charge >= 0.3 is 0 Å². The predicted molar refractivity (Wildman–Crippen MR) is 122 cm³/mol. The summed E-state index contributed by atoms with van der Waals surface area (Å²) >= 11 is 1.48. The van der Waals surface area contributed by atoms with E-state index in [4.69, 9.17) is 0 Å². The molecule has 0 aliphatic carbocycles. The summed E-state index contributed by atoms with van der Waals surface area (Å²) in [6.07, 6.45) is 4.09. The van der Waals surface area contributed by atoms with E-state index >= 15 is 0 Å². The molecule has 1 fully saturated rings. The van der Waals surface area contributed by atoms with Crippen LogP contribution in [-0.2, 0) is 23.1 Å². The van der Waals surface area contributed by atoms with Crippen molar-refractivity contribution in [3.63, 3.8) is 0 Å². The quantitative estimate of drug-likeness (QED) is 0.543. The molecule has 3 heterocycles. The van der Waals surface area contributed by atoms with Crippen LogP contribution in [0.25, 0.3) is 0 Å². The molecule has 2 aromatic heterocycles. The number of aromatic nitrogens is 1. The molecule has 0 spiro atoms. The van der Waals surface area contributed by atoms with Crippen LogP contribution in [0.15, 0.2) is 65.0 Å². The number of pyridine rings is 1. The highest BCUT2D eigenvalue weighted by atomic mass is 32.2. The molecule has 7 nitrogen and oxygen atoms in total. The fraction of sp³-hybridized carbons (Fsp3) is 0.273. The topological polar surface area (TPSA) is 91.4 Å². The zero-order valence-corrected chi connectivity index (χ0v) is 18.6. The van der Waals surface area contributed by atoms with Gasteiger partial charge in [0, 0.05) is 42.8 Å². The molecule has 4 rings (SSSR count). The maximum Gasteiger partial charge on any atom is 0.251 e. The summed E-state index contributed by atoms with van der Waals surface area (Å²) in [5.74, 6) is 0.601. The second kappa shape index (κ2) is 9.59. The molecule has 162 valence electrons. The van der Waals surface area contributed by atoms with Crippen LogP contribution in [0.3, 0.4) is 0 Å². The molecule has 1 aliphatic rings. The van der Waals surface area contributed by atoms with Crippen LogP contribution in [0.5, 0.6) is 0 Å². The number of sulfonamides is 1. The summed E-state index contributed by atoms with van der Waals surface area (Å²) in [7, 11) is -3.71. The molecule has 0 radical (unpaired) electrons. The average Bonchev–Trinajstić information content (AvgIpc) is 3.51. The van der Waals surface area contributed by atoms with E-state index in [1.807, 2.05) is 29.6 Å². The number of hydrogen-bond acceptors (Lipinski definition) is 6. The minimum Gasteiger partial charge on any atom is -0.357 e. The molecule has 0 unspecified atom stereocenters. The van der Waals surface area contributed by atoms with Crippen molar-refractivity contribution in [3.8, 4) is 0 Å². The lowest BCUT2D eigenvalue weighted by Gasteiger charge is -2.17. The Labute approximate surface area is 186 Å². The van der Waals surface area contributed by atoms with Crippen LogP contribution in [0.4, 0.5) is 5.82 Å². The van der Waals surface area contributed by atoms with E-state index in [-0.39, 0.29) is 17.3 Å². The molecule has 1 saturated heterocycles. The number of anilines is 1. The average molecular weight is 457 g/mol. The second-order valence-electron chi connectivity index (χ2n) is 7.33. The Kier molecular flexibility index (Phi) is 6.64. The lowest BCUT2D eigenvalue weighted by molar-refractivity contribution is 0.0950. The molecular formula is C22H24N4O3S2. The third-order valence-corrected chi connectivity index (χ3v) is 7.39. The van der Waals surface area contributed by atoms with Crippen molar-refractivity contribution in [2.45, 2.75) is 30.8 Å². The van der Waals surface area contributed by atoms with Crippen molar-refractivity contribution in [1.29, 1.82) is 0 Å². The van der Waals surface area contributed by atoms with E-state index < -0.39 is 10.0 Å². The highest BCUT2D eigenvalue weighted by molar-refractivity contribution is 7.89. The number of nitrogens with zero attached hydrogens (tertiary/aromatic N) is 2. The van der Waals surface area contributed by atoms with Crippen molar-refractivity contribution in [2.75, 3.05) is 18.0 Å². The number of nitrogens with one attached hydrogen (secondary N) is 2. The summed E-state index contributed by atoms with van der Waals surface area (Å²) in [5.41, 5.74) is 1.25. The van der Waals surface area contributed by atoms with E-state index in [2.05, 4.69) is 19.9 Å². The van der Waals surface area contributed by atoms with E-state index in [0.29, 0.717) is 12.1 Å². The SMILES string of the molecule is O=C(NCc1ccnc(N2CCCC2)c1)c1cccc(S(=O)(=O)NCc2cccs2)c1. The summed E-state index contributed by atoms with van der Waals surface area (Å²) in [6, 6.07) is 13.7. The second-order valence-corrected chi connectivity index (χ2v) is 10.1. The Balaban J connectivity index is 1.39.